The highest BCUT2D eigenvalue weighted by molar-refractivity contribution is 5.92. The molecule has 3 heteroatoms. The van der Waals surface area contributed by atoms with E-state index in [4.69, 9.17) is 5.73 Å². The number of para-hydroxylation sites is 1. The number of fused-ring (bicyclic) bond motifs is 1. The van der Waals surface area contributed by atoms with Gasteiger partial charge in [-0.25, -0.2) is 0 Å². The molecule has 0 radical (unpaired) electrons. The molecule has 0 aliphatic carbocycles. The molecular weight excluding hydrogens is 210 g/mol. The number of hydrogen-bond acceptors (Lipinski definition) is 2. The molecule has 0 bridgehead atoms. The number of nitrogens with one attached hydrogen (secondary N) is 2. The predicted octanol–water partition coefficient (Wildman–Crippen LogP) is 2.95. The minimum absolute atomic E-state index is 0.229. The molecule has 0 saturated carbocycles. The van der Waals surface area contributed by atoms with Crippen LogP contribution in [0.1, 0.15) is 20.3 Å². The third-order valence-corrected chi connectivity index (χ3v) is 3.17. The van der Waals surface area contributed by atoms with Gasteiger partial charge in [0.1, 0.15) is 0 Å². The van der Waals surface area contributed by atoms with Gasteiger partial charge in [-0.3, -0.25) is 0 Å². The first-order valence-electron chi connectivity index (χ1n) is 6.12. The maximum atomic E-state index is 5.62. The Bertz CT molecular complexity index is 485. The van der Waals surface area contributed by atoms with Crippen LogP contribution in [-0.2, 0) is 0 Å². The number of aromatic amines is 1. The summed E-state index contributed by atoms with van der Waals surface area (Å²) in [6, 6.07) is 8.32. The fourth-order valence-electron chi connectivity index (χ4n) is 2.03. The van der Waals surface area contributed by atoms with Crippen molar-refractivity contribution in [1.82, 2.24) is 4.98 Å². The highest BCUT2D eigenvalue weighted by atomic mass is 14.9. The Morgan fingerprint density at radius 3 is 2.82 bits per heavy atom. The third kappa shape index (κ3) is 2.80. The molecule has 4 N–H and O–H groups in total. The van der Waals surface area contributed by atoms with E-state index >= 15 is 0 Å². The van der Waals surface area contributed by atoms with Gasteiger partial charge in [-0.05, 0) is 24.4 Å². The summed E-state index contributed by atoms with van der Waals surface area (Å²) in [5.41, 5.74) is 8.19. The molecule has 17 heavy (non-hydrogen) atoms. The molecule has 2 rings (SSSR count). The zero-order chi connectivity index (χ0) is 12.3. The van der Waals surface area contributed by atoms with Crippen molar-refractivity contribution in [1.29, 1.82) is 0 Å². The summed E-state index contributed by atoms with van der Waals surface area (Å²) < 4.78 is 0. The molecule has 0 atom stereocenters. The number of H-pyrrole nitrogens is 1. The van der Waals surface area contributed by atoms with Crippen LogP contribution in [0.4, 0.5) is 5.69 Å². The molecular formula is C14H21N3. The quantitative estimate of drug-likeness (QED) is 0.741. The van der Waals surface area contributed by atoms with Crippen molar-refractivity contribution in [3.05, 3.63) is 30.5 Å². The van der Waals surface area contributed by atoms with Gasteiger partial charge in [-0.15, -0.1) is 0 Å². The predicted molar refractivity (Wildman–Crippen MR) is 74.2 cm³/mol. The minimum Gasteiger partial charge on any atom is -0.383 e. The van der Waals surface area contributed by atoms with Crippen molar-refractivity contribution in [2.24, 2.45) is 11.1 Å². The molecule has 0 spiro atoms. The van der Waals surface area contributed by atoms with E-state index in [1.807, 2.05) is 12.3 Å². The van der Waals surface area contributed by atoms with Crippen LogP contribution in [0.15, 0.2) is 30.5 Å². The molecule has 0 unspecified atom stereocenters. The molecule has 0 amide bonds. The fraction of sp³-hybridized carbons (Fsp3) is 0.429. The first kappa shape index (κ1) is 12.0. The maximum absolute atomic E-state index is 5.62. The number of aromatic nitrogens is 1. The van der Waals surface area contributed by atoms with E-state index in [0.29, 0.717) is 0 Å². The summed E-state index contributed by atoms with van der Waals surface area (Å²) in [6.45, 7) is 6.15. The van der Waals surface area contributed by atoms with Crippen molar-refractivity contribution in [2.45, 2.75) is 20.3 Å². The second kappa shape index (κ2) is 4.80. The van der Waals surface area contributed by atoms with Crippen molar-refractivity contribution in [3.8, 4) is 0 Å². The Balaban J connectivity index is 2.09. The van der Waals surface area contributed by atoms with Gasteiger partial charge in [-0.2, -0.15) is 0 Å². The topological polar surface area (TPSA) is 53.8 Å². The molecule has 2 aromatic rings. The Labute approximate surface area is 102 Å². The SMILES string of the molecule is CC(C)(CCN)CNc1c[nH]c2ccccc12. The van der Waals surface area contributed by atoms with E-state index in [-0.39, 0.29) is 5.41 Å². The molecule has 0 saturated heterocycles. The molecule has 3 nitrogen and oxygen atoms in total. The smallest absolute Gasteiger partial charge is 0.0598 e. The number of anilines is 1. The molecule has 1 aromatic carbocycles. The molecule has 1 heterocycles. The first-order chi connectivity index (χ1) is 8.12. The molecule has 1 aromatic heterocycles. The van der Waals surface area contributed by atoms with Gasteiger partial charge in [0.2, 0.25) is 0 Å². The standard InChI is InChI=1S/C14H21N3/c1-14(2,7-8-15)10-17-13-9-16-12-6-4-3-5-11(12)13/h3-6,9,16-17H,7-8,10,15H2,1-2H3. The van der Waals surface area contributed by atoms with Crippen LogP contribution in [0.5, 0.6) is 0 Å². The Hall–Kier alpha value is -1.48. The average molecular weight is 231 g/mol. The van der Waals surface area contributed by atoms with Gasteiger partial charge >= 0.3 is 0 Å². The van der Waals surface area contributed by atoms with E-state index in [2.05, 4.69) is 42.3 Å². The van der Waals surface area contributed by atoms with Crippen LogP contribution in [-0.4, -0.2) is 18.1 Å². The van der Waals surface area contributed by atoms with Gasteiger partial charge in [0, 0.05) is 23.6 Å². The highest BCUT2D eigenvalue weighted by Gasteiger charge is 2.16. The number of nitrogens with two attached hydrogens (primary N) is 1. The monoisotopic (exact) mass is 231 g/mol. The maximum Gasteiger partial charge on any atom is 0.0598 e. The van der Waals surface area contributed by atoms with Crippen LogP contribution in [0.2, 0.25) is 0 Å². The summed E-state index contributed by atoms with van der Waals surface area (Å²) >= 11 is 0. The summed E-state index contributed by atoms with van der Waals surface area (Å²) in [4.78, 5) is 3.27. The largest absolute Gasteiger partial charge is 0.383 e. The lowest BCUT2D eigenvalue weighted by Gasteiger charge is -2.24. The van der Waals surface area contributed by atoms with E-state index in [1.54, 1.807) is 0 Å². The van der Waals surface area contributed by atoms with Crippen LogP contribution in [0.25, 0.3) is 10.9 Å². The van der Waals surface area contributed by atoms with E-state index in [9.17, 15) is 0 Å². The Morgan fingerprint density at radius 1 is 1.29 bits per heavy atom. The normalized spacial score (nSPS) is 11.9. The molecule has 92 valence electrons. The number of rotatable bonds is 5. The van der Waals surface area contributed by atoms with Crippen LogP contribution in [0.3, 0.4) is 0 Å². The lowest BCUT2D eigenvalue weighted by Crippen LogP contribution is -2.25. The van der Waals surface area contributed by atoms with Crippen LogP contribution in [0, 0.1) is 5.41 Å². The summed E-state index contributed by atoms with van der Waals surface area (Å²) in [6.07, 6.45) is 3.06. The molecule has 0 fully saturated rings. The third-order valence-electron chi connectivity index (χ3n) is 3.17. The zero-order valence-corrected chi connectivity index (χ0v) is 10.6. The lowest BCUT2D eigenvalue weighted by molar-refractivity contribution is 0.365. The van der Waals surface area contributed by atoms with Crippen molar-refractivity contribution >= 4 is 16.6 Å². The second-order valence-electron chi connectivity index (χ2n) is 5.30. The van der Waals surface area contributed by atoms with E-state index in [0.717, 1.165) is 19.5 Å². The van der Waals surface area contributed by atoms with Gasteiger partial charge < -0.3 is 16.0 Å². The fourth-order valence-corrected chi connectivity index (χ4v) is 2.03. The van der Waals surface area contributed by atoms with Gasteiger partial charge in [-0.1, -0.05) is 32.0 Å². The molecule has 0 aliphatic heterocycles. The molecule has 0 aliphatic rings. The number of hydrogen-bond donors (Lipinski definition) is 3. The number of benzene rings is 1. The van der Waals surface area contributed by atoms with Crippen LogP contribution >= 0.6 is 0 Å². The van der Waals surface area contributed by atoms with Crippen molar-refractivity contribution in [2.75, 3.05) is 18.4 Å². The second-order valence-corrected chi connectivity index (χ2v) is 5.30. The summed E-state index contributed by atoms with van der Waals surface area (Å²) in [5.74, 6) is 0. The van der Waals surface area contributed by atoms with Gasteiger partial charge in [0.15, 0.2) is 0 Å². The van der Waals surface area contributed by atoms with E-state index < -0.39 is 0 Å². The van der Waals surface area contributed by atoms with Gasteiger partial charge in [0.25, 0.3) is 0 Å². The van der Waals surface area contributed by atoms with Crippen molar-refractivity contribution < 1.29 is 0 Å². The highest BCUT2D eigenvalue weighted by Crippen LogP contribution is 2.25. The Kier molecular flexibility index (Phi) is 3.38. The lowest BCUT2D eigenvalue weighted by atomic mass is 9.89. The van der Waals surface area contributed by atoms with Crippen LogP contribution < -0.4 is 11.1 Å². The van der Waals surface area contributed by atoms with Gasteiger partial charge in [0.05, 0.1) is 5.69 Å². The Morgan fingerprint density at radius 2 is 2.06 bits per heavy atom. The zero-order valence-electron chi connectivity index (χ0n) is 10.6. The van der Waals surface area contributed by atoms with E-state index in [1.165, 1.54) is 16.6 Å². The minimum atomic E-state index is 0.229. The first-order valence-corrected chi connectivity index (χ1v) is 6.12. The summed E-state index contributed by atoms with van der Waals surface area (Å²) in [7, 11) is 0. The average Bonchev–Trinajstić information content (AvgIpc) is 2.70. The van der Waals surface area contributed by atoms with Crippen molar-refractivity contribution in [3.63, 3.8) is 0 Å². The summed E-state index contributed by atoms with van der Waals surface area (Å²) in [5, 5.41) is 4.75.